The summed E-state index contributed by atoms with van der Waals surface area (Å²) in [5.74, 6) is -0.276. The Bertz CT molecular complexity index is 1300. The highest BCUT2D eigenvalue weighted by Crippen LogP contribution is 2.45. The molecule has 0 radical (unpaired) electrons. The van der Waals surface area contributed by atoms with Crippen LogP contribution in [-0.2, 0) is 9.59 Å². The molecule has 7 heteroatoms. The maximum atomic E-state index is 13.6. The lowest BCUT2D eigenvalue weighted by Crippen LogP contribution is -2.37. The van der Waals surface area contributed by atoms with Gasteiger partial charge in [0.25, 0.3) is 5.91 Å². The molecule has 170 valence electrons. The number of anilines is 1. The van der Waals surface area contributed by atoms with Gasteiger partial charge in [-0.05, 0) is 65.0 Å². The number of dihydropyridines is 1. The number of Topliss-reactive ketones (excluding diaryl/α,β-unsaturated/α-hetero) is 1. The minimum absolute atomic E-state index is 0.0397. The molecule has 1 aliphatic carbocycles. The predicted octanol–water partition coefficient (Wildman–Crippen LogP) is 5.24. The number of benzene rings is 1. The Hall–Kier alpha value is -3.58. The lowest BCUT2D eigenvalue weighted by molar-refractivity contribution is -0.116. The molecule has 0 saturated heterocycles. The first-order valence-electron chi connectivity index (χ1n) is 11.1. The highest BCUT2D eigenvalue weighted by atomic mass is 79.9. The second-order valence-corrected chi connectivity index (χ2v) is 9.41. The van der Waals surface area contributed by atoms with E-state index in [1.165, 1.54) is 0 Å². The van der Waals surface area contributed by atoms with Gasteiger partial charge in [-0.2, -0.15) is 0 Å². The zero-order valence-corrected chi connectivity index (χ0v) is 20.2. The highest BCUT2D eigenvalue weighted by molar-refractivity contribution is 9.10. The van der Waals surface area contributed by atoms with E-state index in [1.807, 2.05) is 49.4 Å². The quantitative estimate of drug-likeness (QED) is 0.497. The van der Waals surface area contributed by atoms with E-state index in [1.54, 1.807) is 18.5 Å². The molecule has 1 amide bonds. The lowest BCUT2D eigenvalue weighted by Gasteiger charge is -2.36. The fourth-order valence-corrected chi connectivity index (χ4v) is 5.01. The SMILES string of the molecule is CC1=C(C(=O)Nc2ccc(Br)cn2)[C@@H](c2ccccn2)C2=C(C[C@@H](c3ccccc3)CC2=O)N1. The number of hydrogen-bond acceptors (Lipinski definition) is 5. The first-order valence-corrected chi connectivity index (χ1v) is 11.9. The summed E-state index contributed by atoms with van der Waals surface area (Å²) in [5, 5.41) is 6.28. The van der Waals surface area contributed by atoms with Crippen molar-refractivity contribution in [3.63, 3.8) is 0 Å². The number of rotatable bonds is 4. The molecular weight excluding hydrogens is 492 g/mol. The fraction of sp³-hybridized carbons (Fsp3) is 0.185. The van der Waals surface area contributed by atoms with Gasteiger partial charge in [0.2, 0.25) is 0 Å². The monoisotopic (exact) mass is 514 g/mol. The molecular formula is C27H23BrN4O2. The van der Waals surface area contributed by atoms with Crippen LogP contribution in [0.1, 0.15) is 42.9 Å². The number of nitrogens with zero attached hydrogens (tertiary/aromatic N) is 2. The number of allylic oxidation sites excluding steroid dienone is 3. The Morgan fingerprint density at radius 1 is 1.03 bits per heavy atom. The molecule has 1 aliphatic heterocycles. The van der Waals surface area contributed by atoms with E-state index in [0.29, 0.717) is 41.2 Å². The van der Waals surface area contributed by atoms with Gasteiger partial charge in [0.1, 0.15) is 5.82 Å². The van der Waals surface area contributed by atoms with Gasteiger partial charge in [-0.1, -0.05) is 36.4 Å². The van der Waals surface area contributed by atoms with Crippen molar-refractivity contribution < 1.29 is 9.59 Å². The van der Waals surface area contributed by atoms with Crippen LogP contribution in [0, 0.1) is 0 Å². The number of ketones is 1. The van der Waals surface area contributed by atoms with Crippen LogP contribution >= 0.6 is 15.9 Å². The Morgan fingerprint density at radius 3 is 2.53 bits per heavy atom. The zero-order valence-electron chi connectivity index (χ0n) is 18.6. The van der Waals surface area contributed by atoms with E-state index in [-0.39, 0.29) is 17.6 Å². The van der Waals surface area contributed by atoms with Crippen LogP contribution in [0.4, 0.5) is 5.82 Å². The summed E-state index contributed by atoms with van der Waals surface area (Å²) in [6, 6.07) is 19.2. The van der Waals surface area contributed by atoms with Gasteiger partial charge in [-0.25, -0.2) is 4.98 Å². The Kier molecular flexibility index (Phi) is 6.11. The summed E-state index contributed by atoms with van der Waals surface area (Å²) in [5.41, 5.74) is 4.52. The van der Waals surface area contributed by atoms with E-state index >= 15 is 0 Å². The van der Waals surface area contributed by atoms with Gasteiger partial charge in [0.05, 0.1) is 11.6 Å². The molecule has 3 aromatic rings. The first kappa shape index (κ1) is 22.2. The van der Waals surface area contributed by atoms with Crippen molar-refractivity contribution >= 4 is 33.4 Å². The third kappa shape index (κ3) is 4.31. The van der Waals surface area contributed by atoms with E-state index in [4.69, 9.17) is 0 Å². The number of hydrogen-bond donors (Lipinski definition) is 2. The largest absolute Gasteiger partial charge is 0.362 e. The average Bonchev–Trinajstić information content (AvgIpc) is 2.85. The van der Waals surface area contributed by atoms with Gasteiger partial charge < -0.3 is 10.6 Å². The van der Waals surface area contributed by atoms with Crippen molar-refractivity contribution in [1.29, 1.82) is 0 Å². The van der Waals surface area contributed by atoms with Crippen molar-refractivity contribution in [2.24, 2.45) is 0 Å². The summed E-state index contributed by atoms with van der Waals surface area (Å²) < 4.78 is 0.821. The van der Waals surface area contributed by atoms with Crippen molar-refractivity contribution in [2.45, 2.75) is 31.6 Å². The van der Waals surface area contributed by atoms with Crippen LogP contribution in [0.2, 0.25) is 0 Å². The summed E-state index contributed by atoms with van der Waals surface area (Å²) in [4.78, 5) is 35.9. The Labute approximate surface area is 206 Å². The number of carbonyl (C=O) groups excluding carboxylic acids is 2. The Balaban J connectivity index is 1.54. The first-order chi connectivity index (χ1) is 16.5. The van der Waals surface area contributed by atoms with Crippen LogP contribution in [-0.4, -0.2) is 21.7 Å². The second-order valence-electron chi connectivity index (χ2n) is 8.50. The molecule has 2 aliphatic rings. The minimum atomic E-state index is -0.544. The van der Waals surface area contributed by atoms with E-state index < -0.39 is 5.92 Å². The van der Waals surface area contributed by atoms with Crippen molar-refractivity contribution in [3.05, 3.63) is 111 Å². The molecule has 0 unspecified atom stereocenters. The lowest BCUT2D eigenvalue weighted by atomic mass is 9.72. The minimum Gasteiger partial charge on any atom is -0.362 e. The molecule has 0 fully saturated rings. The second kappa shape index (κ2) is 9.35. The standard InChI is InChI=1S/C27H23BrN4O2/c1-16-24(27(34)32-23-11-10-19(28)15-30-23)26(20-9-5-6-12-29-20)25-21(31-16)13-18(14-22(25)33)17-7-3-2-4-8-17/h2-12,15,18,26,31H,13-14H2,1H3,(H,30,32,34)/t18-,26-/m1/s1. The van der Waals surface area contributed by atoms with Gasteiger partial charge in [-0.3, -0.25) is 14.6 Å². The number of pyridine rings is 2. The summed E-state index contributed by atoms with van der Waals surface area (Å²) in [7, 11) is 0. The molecule has 2 aromatic heterocycles. The van der Waals surface area contributed by atoms with Crippen molar-refractivity contribution in [3.8, 4) is 0 Å². The molecule has 2 atom stereocenters. The molecule has 5 rings (SSSR count). The Morgan fingerprint density at radius 2 is 1.82 bits per heavy atom. The van der Waals surface area contributed by atoms with Crippen molar-refractivity contribution in [2.75, 3.05) is 5.32 Å². The van der Waals surface area contributed by atoms with Crippen LogP contribution < -0.4 is 10.6 Å². The third-order valence-electron chi connectivity index (χ3n) is 6.30. The summed E-state index contributed by atoms with van der Waals surface area (Å²) in [6.07, 6.45) is 4.42. The normalized spacial score (nSPS) is 20.0. The van der Waals surface area contributed by atoms with E-state index in [0.717, 1.165) is 15.7 Å². The number of carbonyl (C=O) groups is 2. The number of halogens is 1. The number of aromatic nitrogens is 2. The third-order valence-corrected chi connectivity index (χ3v) is 6.76. The van der Waals surface area contributed by atoms with Gasteiger partial charge in [0, 0.05) is 45.8 Å². The zero-order chi connectivity index (χ0) is 23.7. The molecule has 0 bridgehead atoms. The van der Waals surface area contributed by atoms with Gasteiger partial charge in [0.15, 0.2) is 5.78 Å². The number of amides is 1. The molecule has 2 N–H and O–H groups in total. The average molecular weight is 515 g/mol. The fourth-order valence-electron chi connectivity index (χ4n) is 4.78. The molecule has 0 saturated carbocycles. The smallest absolute Gasteiger partial charge is 0.255 e. The topological polar surface area (TPSA) is 84.0 Å². The molecule has 3 heterocycles. The van der Waals surface area contributed by atoms with Crippen LogP contribution in [0.15, 0.2) is 100 Å². The van der Waals surface area contributed by atoms with E-state index in [2.05, 4.69) is 48.7 Å². The summed E-state index contributed by atoms with van der Waals surface area (Å²) in [6.45, 7) is 1.88. The van der Waals surface area contributed by atoms with E-state index in [9.17, 15) is 9.59 Å². The highest BCUT2D eigenvalue weighted by Gasteiger charge is 2.41. The van der Waals surface area contributed by atoms with Crippen molar-refractivity contribution in [1.82, 2.24) is 15.3 Å². The molecule has 0 spiro atoms. The predicted molar refractivity (Wildman–Crippen MR) is 134 cm³/mol. The maximum absolute atomic E-state index is 13.6. The summed E-state index contributed by atoms with van der Waals surface area (Å²) >= 11 is 3.36. The van der Waals surface area contributed by atoms with Gasteiger partial charge >= 0.3 is 0 Å². The van der Waals surface area contributed by atoms with Crippen LogP contribution in [0.3, 0.4) is 0 Å². The van der Waals surface area contributed by atoms with Crippen LogP contribution in [0.25, 0.3) is 0 Å². The van der Waals surface area contributed by atoms with Gasteiger partial charge in [-0.15, -0.1) is 0 Å². The maximum Gasteiger partial charge on any atom is 0.255 e. The molecule has 34 heavy (non-hydrogen) atoms. The molecule has 1 aromatic carbocycles. The number of nitrogens with one attached hydrogen (secondary N) is 2. The molecule has 6 nitrogen and oxygen atoms in total. The van der Waals surface area contributed by atoms with Crippen LogP contribution in [0.5, 0.6) is 0 Å².